The van der Waals surface area contributed by atoms with Crippen LogP contribution >= 0.6 is 12.2 Å². The Morgan fingerprint density at radius 1 is 1.31 bits per heavy atom. The van der Waals surface area contributed by atoms with Gasteiger partial charge in [-0.1, -0.05) is 20.8 Å². The van der Waals surface area contributed by atoms with Crippen LogP contribution in [-0.4, -0.2) is 35.6 Å². The Kier molecular flexibility index (Phi) is 4.24. The molecule has 0 aliphatic rings. The molecular formula is C15H15N7O3S. The summed E-state index contributed by atoms with van der Waals surface area (Å²) >= 11 is 5.14. The highest BCUT2D eigenvalue weighted by Gasteiger charge is 2.24. The zero-order valence-corrected chi connectivity index (χ0v) is 15.0. The summed E-state index contributed by atoms with van der Waals surface area (Å²) in [5.74, 6) is 0.145. The van der Waals surface area contributed by atoms with Gasteiger partial charge in [0.25, 0.3) is 17.0 Å². The third-order valence-electron chi connectivity index (χ3n) is 3.55. The van der Waals surface area contributed by atoms with Gasteiger partial charge in [-0.15, -0.1) is 5.10 Å². The Labute approximate surface area is 151 Å². The maximum atomic E-state index is 12.8. The number of aromatic nitrogens is 5. The van der Waals surface area contributed by atoms with Crippen molar-refractivity contribution >= 4 is 29.9 Å². The molecule has 0 radical (unpaired) electrons. The number of H-pyrrole nitrogens is 1. The van der Waals surface area contributed by atoms with Crippen molar-refractivity contribution < 1.29 is 4.92 Å². The van der Waals surface area contributed by atoms with E-state index in [2.05, 4.69) is 20.4 Å². The van der Waals surface area contributed by atoms with E-state index in [-0.39, 0.29) is 21.9 Å². The lowest BCUT2D eigenvalue weighted by Crippen LogP contribution is -2.33. The quantitative estimate of drug-likeness (QED) is 0.324. The van der Waals surface area contributed by atoms with Gasteiger partial charge in [0.05, 0.1) is 11.1 Å². The average Bonchev–Trinajstić information content (AvgIpc) is 2.94. The lowest BCUT2D eigenvalue weighted by atomic mass is 9.93. The number of non-ortho nitro benzene ring substituents is 1. The van der Waals surface area contributed by atoms with Crippen LogP contribution in [0.5, 0.6) is 0 Å². The van der Waals surface area contributed by atoms with Crippen molar-refractivity contribution in [3.05, 3.63) is 60.8 Å². The lowest BCUT2D eigenvalue weighted by Gasteiger charge is -2.16. The van der Waals surface area contributed by atoms with E-state index >= 15 is 0 Å². The SMILES string of the molecule is CC(C)(C)c1nn2c(=S)[nH]nc2n(/N=C/c2ccc([N+](=O)[O-])cc2)c1=O. The summed E-state index contributed by atoms with van der Waals surface area (Å²) in [7, 11) is 0. The van der Waals surface area contributed by atoms with E-state index in [1.54, 1.807) is 0 Å². The van der Waals surface area contributed by atoms with Crippen LogP contribution in [0, 0.1) is 14.9 Å². The van der Waals surface area contributed by atoms with Gasteiger partial charge in [0.1, 0.15) is 5.69 Å². The van der Waals surface area contributed by atoms with Gasteiger partial charge in [0.2, 0.25) is 4.77 Å². The van der Waals surface area contributed by atoms with Crippen LogP contribution in [-0.2, 0) is 5.41 Å². The van der Waals surface area contributed by atoms with Crippen LogP contribution in [0.4, 0.5) is 5.69 Å². The average molecular weight is 373 g/mol. The number of rotatable bonds is 3. The fourth-order valence-corrected chi connectivity index (χ4v) is 2.39. The molecule has 134 valence electrons. The Balaban J connectivity index is 2.15. The second kappa shape index (κ2) is 6.26. The molecule has 0 saturated heterocycles. The summed E-state index contributed by atoms with van der Waals surface area (Å²) in [6, 6.07) is 5.78. The molecule has 0 aliphatic carbocycles. The topological polar surface area (TPSA) is 123 Å². The first kappa shape index (κ1) is 17.6. The van der Waals surface area contributed by atoms with Crippen molar-refractivity contribution in [1.82, 2.24) is 24.5 Å². The minimum atomic E-state index is -0.526. The number of nitrogens with zero attached hydrogens (tertiary/aromatic N) is 6. The van der Waals surface area contributed by atoms with Gasteiger partial charge in [0.15, 0.2) is 0 Å². The van der Waals surface area contributed by atoms with E-state index in [1.807, 2.05) is 20.8 Å². The zero-order chi connectivity index (χ0) is 19.1. The number of benzene rings is 1. The van der Waals surface area contributed by atoms with E-state index in [4.69, 9.17) is 12.2 Å². The van der Waals surface area contributed by atoms with Crippen molar-refractivity contribution in [3.8, 4) is 0 Å². The maximum Gasteiger partial charge on any atom is 0.298 e. The standard InChI is InChI=1S/C15H15N7O3S/c1-15(2,3)11-12(23)20(13-17-18-14(26)21(13)19-11)16-8-9-4-6-10(7-5-9)22(24)25/h4-8H,1-3H3,(H,18,26)/b16-8+. The summed E-state index contributed by atoms with van der Waals surface area (Å²) in [6.45, 7) is 5.57. The van der Waals surface area contributed by atoms with Gasteiger partial charge in [-0.05, 0) is 29.9 Å². The van der Waals surface area contributed by atoms with Crippen molar-refractivity contribution in [3.63, 3.8) is 0 Å². The number of hydrogen-bond donors (Lipinski definition) is 1. The van der Waals surface area contributed by atoms with Crippen LogP contribution in [0.3, 0.4) is 0 Å². The van der Waals surface area contributed by atoms with Crippen molar-refractivity contribution in [2.75, 3.05) is 0 Å². The predicted molar refractivity (Wildman–Crippen MR) is 97.2 cm³/mol. The second-order valence-corrected chi connectivity index (χ2v) is 6.94. The Morgan fingerprint density at radius 2 is 1.96 bits per heavy atom. The predicted octanol–water partition coefficient (Wildman–Crippen LogP) is 2.04. The molecule has 0 unspecified atom stereocenters. The minimum absolute atomic E-state index is 0.0285. The number of fused-ring (bicyclic) bond motifs is 1. The molecule has 0 spiro atoms. The minimum Gasteiger partial charge on any atom is -0.265 e. The second-order valence-electron chi connectivity index (χ2n) is 6.55. The molecule has 0 saturated carbocycles. The molecule has 1 N–H and O–H groups in total. The van der Waals surface area contributed by atoms with Gasteiger partial charge in [-0.2, -0.15) is 19.4 Å². The molecular weight excluding hydrogens is 358 g/mol. The normalized spacial score (nSPS) is 12.1. The number of hydrogen-bond acceptors (Lipinski definition) is 7. The molecule has 0 amide bonds. The molecule has 1 aromatic carbocycles. The van der Waals surface area contributed by atoms with Gasteiger partial charge in [-0.3, -0.25) is 14.9 Å². The fraction of sp³-hybridized carbons (Fsp3) is 0.267. The Hall–Kier alpha value is -3.21. The van der Waals surface area contributed by atoms with Gasteiger partial charge in [-0.25, -0.2) is 5.10 Å². The maximum absolute atomic E-state index is 12.8. The van der Waals surface area contributed by atoms with E-state index in [0.29, 0.717) is 5.56 Å². The summed E-state index contributed by atoms with van der Waals surface area (Å²) < 4.78 is 2.68. The van der Waals surface area contributed by atoms with E-state index < -0.39 is 15.9 Å². The number of nitro groups is 1. The van der Waals surface area contributed by atoms with Crippen LogP contribution in [0.1, 0.15) is 32.0 Å². The molecule has 0 fully saturated rings. The zero-order valence-electron chi connectivity index (χ0n) is 14.2. The number of nitro benzene ring substituents is 1. The molecule has 0 bridgehead atoms. The van der Waals surface area contributed by atoms with Gasteiger partial charge >= 0.3 is 0 Å². The highest BCUT2D eigenvalue weighted by molar-refractivity contribution is 7.71. The molecule has 10 nitrogen and oxygen atoms in total. The molecule has 3 aromatic rings. The Bertz CT molecular complexity index is 1130. The van der Waals surface area contributed by atoms with Crippen molar-refractivity contribution in [1.29, 1.82) is 0 Å². The third kappa shape index (κ3) is 3.16. The Morgan fingerprint density at radius 3 is 2.54 bits per heavy atom. The summed E-state index contributed by atoms with van der Waals surface area (Å²) in [5, 5.41) is 25.8. The summed E-state index contributed by atoms with van der Waals surface area (Å²) in [5.41, 5.74) is -0.106. The molecule has 2 aromatic heterocycles. The van der Waals surface area contributed by atoms with Gasteiger partial charge < -0.3 is 0 Å². The first-order valence-corrected chi connectivity index (χ1v) is 7.99. The van der Waals surface area contributed by atoms with Crippen LogP contribution < -0.4 is 5.56 Å². The molecule has 2 heterocycles. The smallest absolute Gasteiger partial charge is 0.265 e. The number of nitrogens with one attached hydrogen (secondary N) is 1. The third-order valence-corrected chi connectivity index (χ3v) is 3.82. The van der Waals surface area contributed by atoms with Crippen molar-refractivity contribution in [2.24, 2.45) is 5.10 Å². The molecule has 26 heavy (non-hydrogen) atoms. The molecule has 11 heteroatoms. The van der Waals surface area contributed by atoms with E-state index in [9.17, 15) is 14.9 Å². The van der Waals surface area contributed by atoms with Crippen molar-refractivity contribution in [2.45, 2.75) is 26.2 Å². The monoisotopic (exact) mass is 373 g/mol. The highest BCUT2D eigenvalue weighted by Crippen LogP contribution is 2.16. The molecule has 0 aliphatic heterocycles. The fourth-order valence-electron chi connectivity index (χ4n) is 2.23. The summed E-state index contributed by atoms with van der Waals surface area (Å²) in [6.07, 6.45) is 1.41. The van der Waals surface area contributed by atoms with Crippen LogP contribution in [0.25, 0.3) is 5.78 Å². The first-order chi connectivity index (χ1) is 12.2. The molecule has 0 atom stereocenters. The van der Waals surface area contributed by atoms with E-state index in [0.717, 1.165) is 4.68 Å². The lowest BCUT2D eigenvalue weighted by molar-refractivity contribution is -0.384. The first-order valence-electron chi connectivity index (χ1n) is 7.58. The number of aromatic amines is 1. The largest absolute Gasteiger partial charge is 0.298 e. The van der Waals surface area contributed by atoms with Crippen LogP contribution in [0.15, 0.2) is 34.2 Å². The van der Waals surface area contributed by atoms with Crippen LogP contribution in [0.2, 0.25) is 0 Å². The van der Waals surface area contributed by atoms with E-state index in [1.165, 1.54) is 35.0 Å². The molecule has 3 rings (SSSR count). The summed E-state index contributed by atoms with van der Waals surface area (Å²) in [4.78, 5) is 23.0. The van der Waals surface area contributed by atoms with Gasteiger partial charge in [0, 0.05) is 17.5 Å². The highest BCUT2D eigenvalue weighted by atomic mass is 32.1.